The molecule has 3 aromatic heterocycles. The van der Waals surface area contributed by atoms with Crippen molar-refractivity contribution in [2.75, 3.05) is 18.0 Å². The Balaban J connectivity index is 1.26. The number of hydrogen-bond donors (Lipinski definition) is 1. The molecule has 1 fully saturated rings. The number of rotatable bonds is 6. The van der Waals surface area contributed by atoms with Gasteiger partial charge in [0.1, 0.15) is 11.8 Å². The van der Waals surface area contributed by atoms with E-state index in [0.29, 0.717) is 25.7 Å². The van der Waals surface area contributed by atoms with E-state index in [0.717, 1.165) is 28.0 Å². The second-order valence-electron chi connectivity index (χ2n) is 8.75. The highest BCUT2D eigenvalue weighted by Crippen LogP contribution is 2.30. The number of carbonyl (C=O) groups is 1. The Morgan fingerprint density at radius 2 is 1.91 bits per heavy atom. The van der Waals surface area contributed by atoms with E-state index in [1.165, 1.54) is 5.56 Å². The molecule has 0 atom stereocenters. The van der Waals surface area contributed by atoms with Crippen LogP contribution in [0.25, 0.3) is 16.6 Å². The minimum absolute atomic E-state index is 0.0332. The van der Waals surface area contributed by atoms with Crippen molar-refractivity contribution < 1.29 is 4.79 Å². The van der Waals surface area contributed by atoms with E-state index >= 15 is 0 Å². The van der Waals surface area contributed by atoms with Crippen LogP contribution >= 0.6 is 0 Å². The van der Waals surface area contributed by atoms with E-state index < -0.39 is 0 Å². The molecule has 0 saturated carbocycles. The molecule has 32 heavy (non-hydrogen) atoms. The van der Waals surface area contributed by atoms with Crippen LogP contribution in [0.1, 0.15) is 31.0 Å². The maximum Gasteiger partial charge on any atom is 0.226 e. The summed E-state index contributed by atoms with van der Waals surface area (Å²) in [5.74, 6) is 0.906. The Bertz CT molecular complexity index is 1250. The van der Waals surface area contributed by atoms with Gasteiger partial charge in [-0.3, -0.25) is 9.48 Å². The highest BCUT2D eigenvalue weighted by atomic mass is 16.2. The summed E-state index contributed by atoms with van der Waals surface area (Å²) in [6.07, 6.45) is 7.48. The average molecular weight is 430 g/mol. The monoisotopic (exact) mass is 429 g/mol. The Kier molecular flexibility index (Phi) is 5.13. The summed E-state index contributed by atoms with van der Waals surface area (Å²) >= 11 is 0. The smallest absolute Gasteiger partial charge is 0.226 e. The van der Waals surface area contributed by atoms with Crippen molar-refractivity contribution in [3.05, 3.63) is 66.4 Å². The number of hydrogen-bond acceptors (Lipinski definition) is 5. The van der Waals surface area contributed by atoms with Gasteiger partial charge in [-0.1, -0.05) is 29.8 Å². The first-order chi connectivity index (χ1) is 15.5. The molecule has 8 heteroatoms. The summed E-state index contributed by atoms with van der Waals surface area (Å²) in [6.45, 7) is 8.12. The van der Waals surface area contributed by atoms with Crippen molar-refractivity contribution in [1.29, 1.82) is 0 Å². The molecule has 1 N–H and O–H groups in total. The molecule has 0 aliphatic carbocycles. The van der Waals surface area contributed by atoms with Gasteiger partial charge in [0.05, 0.1) is 12.1 Å². The Morgan fingerprint density at radius 1 is 1.12 bits per heavy atom. The van der Waals surface area contributed by atoms with Crippen LogP contribution in [0.4, 0.5) is 5.82 Å². The molecule has 4 heterocycles. The third-order valence-corrected chi connectivity index (χ3v) is 5.99. The average Bonchev–Trinajstić information content (AvgIpc) is 3.40. The largest absolute Gasteiger partial charge is 0.353 e. The van der Waals surface area contributed by atoms with E-state index in [1.54, 1.807) is 6.33 Å². The Hall–Kier alpha value is -3.68. The number of benzene rings is 1. The topological polar surface area (TPSA) is 80.3 Å². The maximum absolute atomic E-state index is 12.6. The van der Waals surface area contributed by atoms with Crippen LogP contribution in [0.15, 0.2) is 55.2 Å². The maximum atomic E-state index is 12.6. The number of nitrogens with zero attached hydrogens (tertiary/aromatic N) is 6. The summed E-state index contributed by atoms with van der Waals surface area (Å²) in [7, 11) is 0. The van der Waals surface area contributed by atoms with Crippen LogP contribution in [-0.4, -0.2) is 43.4 Å². The molecule has 4 aromatic rings. The normalized spacial score (nSPS) is 14.2. The van der Waals surface area contributed by atoms with Crippen LogP contribution in [0.3, 0.4) is 0 Å². The van der Waals surface area contributed by atoms with Gasteiger partial charge in [-0.25, -0.2) is 9.50 Å². The van der Waals surface area contributed by atoms with Gasteiger partial charge in [-0.15, -0.1) is 0 Å². The summed E-state index contributed by atoms with van der Waals surface area (Å²) in [6, 6.07) is 10.6. The zero-order valence-electron chi connectivity index (χ0n) is 18.6. The minimum atomic E-state index is -0.0332. The first kappa shape index (κ1) is 20.2. The Labute approximate surface area is 186 Å². The van der Waals surface area contributed by atoms with Crippen molar-refractivity contribution in [3.63, 3.8) is 0 Å². The van der Waals surface area contributed by atoms with Gasteiger partial charge in [0.15, 0.2) is 5.82 Å². The van der Waals surface area contributed by atoms with Crippen molar-refractivity contribution in [2.24, 2.45) is 5.92 Å². The first-order valence-corrected chi connectivity index (χ1v) is 10.9. The van der Waals surface area contributed by atoms with Crippen molar-refractivity contribution in [1.82, 2.24) is 29.7 Å². The first-order valence-electron chi connectivity index (χ1n) is 10.9. The van der Waals surface area contributed by atoms with Crippen LogP contribution in [0.2, 0.25) is 0 Å². The zero-order valence-corrected chi connectivity index (χ0v) is 18.6. The molecular formula is C24H27N7O. The van der Waals surface area contributed by atoms with Gasteiger partial charge in [0, 0.05) is 49.2 Å². The predicted octanol–water partition coefficient (Wildman–Crippen LogP) is 3.23. The lowest BCUT2D eigenvalue weighted by molar-refractivity contribution is -0.125. The molecule has 1 saturated heterocycles. The molecule has 1 amide bonds. The predicted molar refractivity (Wildman–Crippen MR) is 123 cm³/mol. The van der Waals surface area contributed by atoms with E-state index in [1.807, 2.05) is 27.8 Å². The van der Waals surface area contributed by atoms with Gasteiger partial charge in [0.25, 0.3) is 0 Å². The number of aromatic nitrogens is 5. The molecule has 0 radical (unpaired) electrons. The number of amides is 1. The van der Waals surface area contributed by atoms with E-state index in [4.69, 9.17) is 0 Å². The van der Waals surface area contributed by atoms with Crippen molar-refractivity contribution in [2.45, 2.75) is 33.4 Å². The third-order valence-electron chi connectivity index (χ3n) is 5.99. The van der Waals surface area contributed by atoms with Crippen LogP contribution < -0.4 is 10.2 Å². The van der Waals surface area contributed by atoms with Gasteiger partial charge in [-0.05, 0) is 32.4 Å². The highest BCUT2D eigenvalue weighted by molar-refractivity contribution is 5.84. The number of anilines is 1. The minimum Gasteiger partial charge on any atom is -0.353 e. The number of carbonyl (C=O) groups excluding carboxylic acids is 1. The lowest BCUT2D eigenvalue weighted by Crippen LogP contribution is -2.54. The van der Waals surface area contributed by atoms with E-state index in [2.05, 4.69) is 76.5 Å². The van der Waals surface area contributed by atoms with Crippen LogP contribution in [-0.2, 0) is 11.3 Å². The fraction of sp³-hybridized carbons (Fsp3) is 0.333. The lowest BCUT2D eigenvalue weighted by atomic mass is 9.99. The fourth-order valence-electron chi connectivity index (χ4n) is 3.94. The van der Waals surface area contributed by atoms with Crippen LogP contribution in [0, 0.1) is 12.8 Å². The summed E-state index contributed by atoms with van der Waals surface area (Å²) in [4.78, 5) is 19.2. The molecule has 0 bridgehead atoms. The quantitative estimate of drug-likeness (QED) is 0.509. The van der Waals surface area contributed by atoms with Gasteiger partial charge in [0.2, 0.25) is 5.91 Å². The number of nitrogens with one attached hydrogen (secondary N) is 1. The summed E-state index contributed by atoms with van der Waals surface area (Å²) in [5.41, 5.74) is 5.35. The lowest BCUT2D eigenvalue weighted by Gasteiger charge is -2.39. The van der Waals surface area contributed by atoms with Crippen molar-refractivity contribution >= 4 is 17.2 Å². The molecule has 164 valence electrons. The number of aryl methyl sites for hydroxylation is 1. The third kappa shape index (κ3) is 3.84. The van der Waals surface area contributed by atoms with Gasteiger partial charge >= 0.3 is 0 Å². The second kappa shape index (κ2) is 8.11. The highest BCUT2D eigenvalue weighted by Gasteiger charge is 2.34. The molecule has 8 nitrogen and oxygen atoms in total. The second-order valence-corrected chi connectivity index (χ2v) is 8.75. The summed E-state index contributed by atoms with van der Waals surface area (Å²) < 4.78 is 3.79. The fourth-order valence-corrected chi connectivity index (χ4v) is 3.94. The molecule has 0 unspecified atom stereocenters. The number of fused-ring (bicyclic) bond motifs is 1. The SMILES string of the molecule is Cc1ccc(CNC(=O)C2CN(c3ncnn4cc(-c5cnn(C(C)C)c5)cc34)C2)cc1. The van der Waals surface area contributed by atoms with E-state index in [9.17, 15) is 4.79 Å². The van der Waals surface area contributed by atoms with Gasteiger partial charge in [-0.2, -0.15) is 10.2 Å². The Morgan fingerprint density at radius 3 is 2.62 bits per heavy atom. The molecule has 1 aliphatic rings. The molecule has 1 aliphatic heterocycles. The summed E-state index contributed by atoms with van der Waals surface area (Å²) in [5, 5.41) is 11.9. The van der Waals surface area contributed by atoms with Gasteiger partial charge < -0.3 is 10.2 Å². The molecule has 1 aromatic carbocycles. The zero-order chi connectivity index (χ0) is 22.2. The van der Waals surface area contributed by atoms with Crippen LogP contribution in [0.5, 0.6) is 0 Å². The molecular weight excluding hydrogens is 402 g/mol. The van der Waals surface area contributed by atoms with E-state index in [-0.39, 0.29) is 11.8 Å². The molecule has 0 spiro atoms. The van der Waals surface area contributed by atoms with Crippen molar-refractivity contribution in [3.8, 4) is 11.1 Å². The molecule has 5 rings (SSSR count). The standard InChI is InChI=1S/C24H27N7O/c1-16(2)30-14-20(10-27-30)19-8-22-23(26-15-28-31(22)13-19)29-11-21(12-29)24(32)25-9-18-6-4-17(3)5-7-18/h4-8,10,13-16,21H,9,11-12H2,1-3H3,(H,25,32).